The van der Waals surface area contributed by atoms with Crippen molar-refractivity contribution in [2.24, 2.45) is 0 Å². The van der Waals surface area contributed by atoms with E-state index >= 15 is 0 Å². The molecule has 0 fully saturated rings. The number of alkyl halides is 3. The largest absolute Gasteiger partial charge is 0.402 e. The van der Waals surface area contributed by atoms with Crippen LogP contribution in [0, 0.1) is 0 Å². The number of benzene rings is 1. The molecule has 0 spiro atoms. The minimum Gasteiger partial charge on any atom is -0.385 e. The maximum absolute atomic E-state index is 12.1. The summed E-state index contributed by atoms with van der Waals surface area (Å²) in [4.78, 5) is -0.0820. The number of fused-ring (bicyclic) bond motifs is 1. The van der Waals surface area contributed by atoms with Crippen LogP contribution in [-0.2, 0) is 16.4 Å². The van der Waals surface area contributed by atoms with Gasteiger partial charge in [-0.1, -0.05) is 6.07 Å². The summed E-state index contributed by atoms with van der Waals surface area (Å²) in [6.45, 7) is -0.834. The smallest absolute Gasteiger partial charge is 0.385 e. The lowest BCUT2D eigenvalue weighted by Gasteiger charge is -2.21. The summed E-state index contributed by atoms with van der Waals surface area (Å²) in [6, 6.07) is 4.56. The van der Waals surface area contributed by atoms with E-state index in [2.05, 4.69) is 5.32 Å². The number of sulfonamides is 1. The van der Waals surface area contributed by atoms with Crippen molar-refractivity contribution in [3.05, 3.63) is 23.8 Å². The Bertz CT molecular complexity index is 570. The van der Waals surface area contributed by atoms with Gasteiger partial charge in [0.1, 0.15) is 6.54 Å². The van der Waals surface area contributed by atoms with Gasteiger partial charge in [0.15, 0.2) is 0 Å². The molecular formula is C11H13F3N2O2S. The summed E-state index contributed by atoms with van der Waals surface area (Å²) in [5.41, 5.74) is 1.21. The summed E-state index contributed by atoms with van der Waals surface area (Å²) in [5, 5.41) is 3.03. The van der Waals surface area contributed by atoms with Crippen molar-refractivity contribution in [2.75, 3.05) is 18.4 Å². The standard InChI is InChI=1S/C11H13F3N2O2S/c12-11(13,14)7-16-19(17,18)10-5-1-4-9-8(10)3-2-6-15-9/h1,4-5,15-16H,2-3,6-7H2. The van der Waals surface area contributed by atoms with Crippen molar-refractivity contribution in [3.8, 4) is 0 Å². The predicted molar refractivity (Wildman–Crippen MR) is 64.5 cm³/mol. The van der Waals surface area contributed by atoms with Crippen LogP contribution in [0.5, 0.6) is 0 Å². The zero-order valence-electron chi connectivity index (χ0n) is 9.92. The lowest BCUT2D eigenvalue weighted by molar-refractivity contribution is -0.121. The van der Waals surface area contributed by atoms with Crippen molar-refractivity contribution >= 4 is 15.7 Å². The van der Waals surface area contributed by atoms with Gasteiger partial charge in [-0.15, -0.1) is 0 Å². The third kappa shape index (κ3) is 3.38. The summed E-state index contributed by atoms with van der Waals surface area (Å²) >= 11 is 0. The van der Waals surface area contributed by atoms with Gasteiger partial charge < -0.3 is 5.32 Å². The monoisotopic (exact) mass is 294 g/mol. The number of hydrogen-bond donors (Lipinski definition) is 2. The van der Waals surface area contributed by atoms with Crippen LogP contribution in [0.25, 0.3) is 0 Å². The molecule has 1 aromatic rings. The molecule has 0 saturated heterocycles. The van der Waals surface area contributed by atoms with E-state index in [1.165, 1.54) is 12.1 Å². The highest BCUT2D eigenvalue weighted by molar-refractivity contribution is 7.89. The van der Waals surface area contributed by atoms with Crippen LogP contribution >= 0.6 is 0 Å². The average molecular weight is 294 g/mol. The van der Waals surface area contributed by atoms with E-state index < -0.39 is 22.7 Å². The van der Waals surface area contributed by atoms with Crippen molar-refractivity contribution in [1.82, 2.24) is 4.72 Å². The number of nitrogens with one attached hydrogen (secondary N) is 2. The van der Waals surface area contributed by atoms with Crippen LogP contribution in [0.2, 0.25) is 0 Å². The fourth-order valence-corrected chi connectivity index (χ4v) is 3.29. The van der Waals surface area contributed by atoms with Gasteiger partial charge in [0, 0.05) is 12.2 Å². The Morgan fingerprint density at radius 1 is 1.32 bits per heavy atom. The second-order valence-electron chi connectivity index (χ2n) is 4.25. The Morgan fingerprint density at radius 2 is 2.05 bits per heavy atom. The first-order valence-electron chi connectivity index (χ1n) is 5.72. The van der Waals surface area contributed by atoms with Gasteiger partial charge in [-0.05, 0) is 30.5 Å². The summed E-state index contributed by atoms with van der Waals surface area (Å²) in [5.74, 6) is 0. The number of halogens is 3. The van der Waals surface area contributed by atoms with Crippen LogP contribution in [0.4, 0.5) is 18.9 Å². The van der Waals surface area contributed by atoms with Gasteiger partial charge in [0.05, 0.1) is 4.90 Å². The molecule has 4 nitrogen and oxygen atoms in total. The molecule has 1 aromatic carbocycles. The molecule has 1 heterocycles. The van der Waals surface area contributed by atoms with E-state index in [0.29, 0.717) is 17.7 Å². The van der Waals surface area contributed by atoms with Gasteiger partial charge >= 0.3 is 6.18 Å². The highest BCUT2D eigenvalue weighted by atomic mass is 32.2. The highest BCUT2D eigenvalue weighted by Crippen LogP contribution is 2.28. The number of anilines is 1. The van der Waals surface area contributed by atoms with Crippen LogP contribution in [0.15, 0.2) is 23.1 Å². The molecule has 8 heteroatoms. The van der Waals surface area contributed by atoms with Gasteiger partial charge in [0.2, 0.25) is 10.0 Å². The maximum atomic E-state index is 12.1. The summed E-state index contributed by atoms with van der Waals surface area (Å²) in [7, 11) is -4.14. The number of hydrogen-bond acceptors (Lipinski definition) is 3. The Balaban J connectivity index is 2.31. The molecule has 2 rings (SSSR count). The Morgan fingerprint density at radius 3 is 2.74 bits per heavy atom. The summed E-state index contributed by atoms with van der Waals surface area (Å²) in [6.07, 6.45) is -3.29. The molecule has 2 N–H and O–H groups in total. The second-order valence-corrected chi connectivity index (χ2v) is 5.99. The SMILES string of the molecule is O=S(=O)(NCC(F)(F)F)c1cccc2c1CCCN2. The van der Waals surface area contributed by atoms with E-state index in [0.717, 1.165) is 13.0 Å². The minimum atomic E-state index is -4.57. The van der Waals surface area contributed by atoms with Crippen LogP contribution in [0.1, 0.15) is 12.0 Å². The Kier molecular flexibility index (Phi) is 3.73. The Labute approximate surface area is 109 Å². The fourth-order valence-electron chi connectivity index (χ4n) is 1.98. The van der Waals surface area contributed by atoms with Crippen molar-refractivity contribution < 1.29 is 21.6 Å². The molecule has 0 atom stereocenters. The third-order valence-corrected chi connectivity index (χ3v) is 4.29. The van der Waals surface area contributed by atoms with E-state index in [4.69, 9.17) is 0 Å². The first-order valence-corrected chi connectivity index (χ1v) is 7.20. The first-order chi connectivity index (χ1) is 8.80. The molecule has 1 aliphatic heterocycles. The van der Waals surface area contributed by atoms with E-state index in [1.54, 1.807) is 10.8 Å². The van der Waals surface area contributed by atoms with Crippen molar-refractivity contribution in [1.29, 1.82) is 0 Å². The van der Waals surface area contributed by atoms with E-state index in [9.17, 15) is 21.6 Å². The summed E-state index contributed by atoms with van der Waals surface area (Å²) < 4.78 is 61.7. The molecule has 0 saturated carbocycles. The lowest BCUT2D eigenvalue weighted by atomic mass is 10.0. The molecule has 1 aliphatic rings. The molecule has 0 aliphatic carbocycles. The second kappa shape index (κ2) is 5.01. The normalized spacial score (nSPS) is 15.7. The molecule has 19 heavy (non-hydrogen) atoms. The quantitative estimate of drug-likeness (QED) is 0.895. The minimum absolute atomic E-state index is 0.0820. The first kappa shape index (κ1) is 14.1. The zero-order chi connectivity index (χ0) is 14.1. The maximum Gasteiger partial charge on any atom is 0.402 e. The van der Waals surface area contributed by atoms with Gasteiger partial charge in [-0.2, -0.15) is 13.2 Å². The highest BCUT2D eigenvalue weighted by Gasteiger charge is 2.31. The lowest BCUT2D eigenvalue weighted by Crippen LogP contribution is -2.34. The van der Waals surface area contributed by atoms with Crippen molar-refractivity contribution in [2.45, 2.75) is 23.9 Å². The third-order valence-electron chi connectivity index (χ3n) is 2.80. The molecule has 0 radical (unpaired) electrons. The predicted octanol–water partition coefficient (Wildman–Crippen LogP) is 1.89. The molecule has 0 bridgehead atoms. The van der Waals surface area contributed by atoms with E-state index in [1.807, 2.05) is 0 Å². The zero-order valence-corrected chi connectivity index (χ0v) is 10.7. The van der Waals surface area contributed by atoms with Gasteiger partial charge in [0.25, 0.3) is 0 Å². The van der Waals surface area contributed by atoms with Gasteiger partial charge in [-0.25, -0.2) is 13.1 Å². The molecular weight excluding hydrogens is 281 g/mol. The van der Waals surface area contributed by atoms with Crippen molar-refractivity contribution in [3.63, 3.8) is 0 Å². The topological polar surface area (TPSA) is 58.2 Å². The van der Waals surface area contributed by atoms with Crippen LogP contribution in [-0.4, -0.2) is 27.7 Å². The molecule has 0 amide bonds. The molecule has 106 valence electrons. The number of rotatable bonds is 3. The average Bonchev–Trinajstić information content (AvgIpc) is 2.35. The van der Waals surface area contributed by atoms with Gasteiger partial charge in [-0.3, -0.25) is 0 Å². The van der Waals surface area contributed by atoms with E-state index in [-0.39, 0.29) is 4.90 Å². The molecule has 0 aromatic heterocycles. The fraction of sp³-hybridized carbons (Fsp3) is 0.455. The molecule has 0 unspecified atom stereocenters. The van der Waals surface area contributed by atoms with Crippen LogP contribution in [0.3, 0.4) is 0 Å². The van der Waals surface area contributed by atoms with Crippen LogP contribution < -0.4 is 10.0 Å². The Hall–Kier alpha value is -1.28.